The van der Waals surface area contributed by atoms with Gasteiger partial charge in [-0.1, -0.05) is 0 Å². The summed E-state index contributed by atoms with van der Waals surface area (Å²) >= 11 is 0. The van der Waals surface area contributed by atoms with Crippen molar-refractivity contribution in [2.24, 2.45) is 0 Å². The molecule has 1 unspecified atom stereocenters. The van der Waals surface area contributed by atoms with E-state index in [1.807, 2.05) is 0 Å². The lowest BCUT2D eigenvalue weighted by atomic mass is 10.3. The summed E-state index contributed by atoms with van der Waals surface area (Å²) in [4.78, 5) is 21.8. The van der Waals surface area contributed by atoms with Crippen LogP contribution in [0.4, 0.5) is 0 Å². The largest absolute Gasteiger partial charge is 0.480 e. The van der Waals surface area contributed by atoms with Crippen molar-refractivity contribution >= 4 is 21.7 Å². The number of methoxy groups -OCH3 is 1. The van der Waals surface area contributed by atoms with E-state index in [2.05, 4.69) is 10.1 Å². The molecule has 0 bridgehead atoms. The smallest absolute Gasteiger partial charge is 0.328 e. The van der Waals surface area contributed by atoms with Gasteiger partial charge >= 0.3 is 5.97 Å². The van der Waals surface area contributed by atoms with Gasteiger partial charge in [-0.25, -0.2) is 13.2 Å². The molecule has 16 heavy (non-hydrogen) atoms. The minimum absolute atomic E-state index is 0.167. The molecular formula is C8H15NO6S. The van der Waals surface area contributed by atoms with Crippen LogP contribution in [0.15, 0.2) is 0 Å². The predicted molar refractivity (Wildman–Crippen MR) is 55.8 cm³/mol. The van der Waals surface area contributed by atoms with Gasteiger partial charge in [-0.2, -0.15) is 0 Å². The molecule has 0 aromatic heterocycles. The van der Waals surface area contributed by atoms with E-state index in [0.717, 1.165) is 6.26 Å². The van der Waals surface area contributed by atoms with Crippen molar-refractivity contribution < 1.29 is 27.9 Å². The number of carbonyl (C=O) groups is 2. The van der Waals surface area contributed by atoms with Crippen LogP contribution in [0.25, 0.3) is 0 Å². The first-order valence-corrected chi connectivity index (χ1v) is 6.51. The second kappa shape index (κ2) is 6.44. The van der Waals surface area contributed by atoms with Gasteiger partial charge in [0, 0.05) is 19.8 Å². The van der Waals surface area contributed by atoms with Crippen LogP contribution in [0.5, 0.6) is 0 Å². The van der Waals surface area contributed by atoms with Crippen LogP contribution in [0.3, 0.4) is 0 Å². The van der Waals surface area contributed by atoms with Crippen LogP contribution in [0.1, 0.15) is 6.42 Å². The molecule has 1 atom stereocenters. The van der Waals surface area contributed by atoms with Gasteiger partial charge < -0.3 is 15.2 Å². The highest BCUT2D eigenvalue weighted by molar-refractivity contribution is 7.90. The topological polar surface area (TPSA) is 110 Å². The molecule has 0 fully saturated rings. The van der Waals surface area contributed by atoms with Gasteiger partial charge in [0.15, 0.2) is 6.04 Å². The van der Waals surface area contributed by atoms with Crippen LogP contribution >= 0.6 is 0 Å². The fourth-order valence-corrected chi connectivity index (χ4v) is 1.44. The number of carbonyl (C=O) groups excluding carboxylic acids is 1. The number of carboxylic acid groups (broad SMARTS) is 1. The zero-order chi connectivity index (χ0) is 12.8. The molecule has 2 N–H and O–H groups in total. The summed E-state index contributed by atoms with van der Waals surface area (Å²) in [6.07, 6.45) is 0.746. The molecule has 0 aliphatic carbocycles. The normalized spacial score (nSPS) is 13.1. The Kier molecular flexibility index (Phi) is 5.97. The summed E-state index contributed by atoms with van der Waals surface area (Å²) in [6.45, 7) is -0.167. The number of carboxylic acids is 1. The van der Waals surface area contributed by atoms with E-state index in [1.165, 1.54) is 7.11 Å². The first-order valence-electron chi connectivity index (χ1n) is 4.45. The van der Waals surface area contributed by atoms with Crippen molar-refractivity contribution in [1.82, 2.24) is 5.32 Å². The highest BCUT2D eigenvalue weighted by Gasteiger charge is 2.20. The molecule has 94 valence electrons. The van der Waals surface area contributed by atoms with E-state index in [0.29, 0.717) is 0 Å². The van der Waals surface area contributed by atoms with Crippen LogP contribution in [-0.2, 0) is 24.2 Å². The third kappa shape index (κ3) is 7.18. The molecule has 0 radical (unpaired) electrons. The van der Waals surface area contributed by atoms with E-state index in [-0.39, 0.29) is 18.8 Å². The van der Waals surface area contributed by atoms with Crippen molar-refractivity contribution in [3.05, 3.63) is 0 Å². The number of nitrogens with one attached hydrogen (secondary N) is 1. The second-order valence-corrected chi connectivity index (χ2v) is 5.55. The van der Waals surface area contributed by atoms with Crippen LogP contribution in [0.2, 0.25) is 0 Å². The summed E-state index contributed by atoms with van der Waals surface area (Å²) in [5.74, 6) is -2.16. The number of aliphatic carboxylic acids is 1. The number of amides is 1. The Bertz CT molecular complexity index is 350. The minimum atomic E-state index is -3.23. The van der Waals surface area contributed by atoms with E-state index in [9.17, 15) is 18.0 Å². The van der Waals surface area contributed by atoms with Crippen molar-refractivity contribution in [3.63, 3.8) is 0 Å². The Hall–Kier alpha value is -1.15. The average Bonchev–Trinajstić information content (AvgIpc) is 2.13. The lowest BCUT2D eigenvalue weighted by Crippen LogP contribution is -2.44. The number of sulfone groups is 1. The Labute approximate surface area is 93.7 Å². The van der Waals surface area contributed by atoms with Crippen molar-refractivity contribution in [2.75, 3.05) is 25.7 Å². The van der Waals surface area contributed by atoms with Gasteiger partial charge in [0.2, 0.25) is 5.91 Å². The van der Waals surface area contributed by atoms with Gasteiger partial charge in [0.05, 0.1) is 12.4 Å². The van der Waals surface area contributed by atoms with Crippen molar-refractivity contribution in [1.29, 1.82) is 0 Å². The molecule has 0 aromatic carbocycles. The third-order valence-electron chi connectivity index (χ3n) is 1.67. The quantitative estimate of drug-likeness (QED) is 0.579. The standard InChI is InChI=1S/C8H15NO6S/c1-15-5-6(8(11)12)9-7(10)3-4-16(2,13)14/h6H,3-5H2,1-2H3,(H,9,10)(H,11,12). The molecule has 0 aromatic rings. The molecule has 0 heterocycles. The van der Waals surface area contributed by atoms with Crippen LogP contribution in [0, 0.1) is 0 Å². The summed E-state index contributed by atoms with van der Waals surface area (Å²) < 4.78 is 26.1. The monoisotopic (exact) mass is 253 g/mol. The van der Waals surface area contributed by atoms with E-state index < -0.39 is 27.8 Å². The Morgan fingerprint density at radius 2 is 2.00 bits per heavy atom. The first-order chi connectivity index (χ1) is 7.26. The van der Waals surface area contributed by atoms with E-state index >= 15 is 0 Å². The fraction of sp³-hybridized carbons (Fsp3) is 0.750. The molecule has 7 nitrogen and oxygen atoms in total. The Morgan fingerprint density at radius 1 is 1.44 bits per heavy atom. The number of rotatable bonds is 7. The Morgan fingerprint density at radius 3 is 2.38 bits per heavy atom. The van der Waals surface area contributed by atoms with Gasteiger partial charge in [-0.05, 0) is 0 Å². The number of hydrogen-bond donors (Lipinski definition) is 2. The minimum Gasteiger partial charge on any atom is -0.480 e. The molecule has 1 amide bonds. The molecule has 0 saturated heterocycles. The van der Waals surface area contributed by atoms with Crippen molar-refractivity contribution in [2.45, 2.75) is 12.5 Å². The van der Waals surface area contributed by atoms with Gasteiger partial charge in [-0.15, -0.1) is 0 Å². The Balaban J connectivity index is 4.15. The highest BCUT2D eigenvalue weighted by atomic mass is 32.2. The van der Waals surface area contributed by atoms with E-state index in [4.69, 9.17) is 5.11 Å². The highest BCUT2D eigenvalue weighted by Crippen LogP contribution is 1.92. The van der Waals surface area contributed by atoms with E-state index in [1.54, 1.807) is 0 Å². The maximum atomic E-state index is 11.2. The maximum Gasteiger partial charge on any atom is 0.328 e. The molecule has 0 aliphatic heterocycles. The molecule has 8 heteroatoms. The lowest BCUT2D eigenvalue weighted by molar-refractivity contribution is -0.143. The zero-order valence-electron chi connectivity index (χ0n) is 9.10. The molecule has 0 aliphatic rings. The SMILES string of the molecule is COCC(NC(=O)CCS(C)(=O)=O)C(=O)O. The maximum absolute atomic E-state index is 11.2. The molecule has 0 rings (SSSR count). The average molecular weight is 253 g/mol. The molecule has 0 spiro atoms. The predicted octanol–water partition coefficient (Wildman–Crippen LogP) is -1.36. The van der Waals surface area contributed by atoms with Gasteiger partial charge in [0.25, 0.3) is 0 Å². The van der Waals surface area contributed by atoms with Crippen LogP contribution in [-0.4, -0.2) is 57.2 Å². The fourth-order valence-electron chi connectivity index (χ4n) is 0.886. The third-order valence-corrected chi connectivity index (χ3v) is 2.61. The summed E-state index contributed by atoms with van der Waals surface area (Å²) in [5, 5.41) is 10.8. The lowest BCUT2D eigenvalue weighted by Gasteiger charge is -2.12. The first kappa shape index (κ1) is 14.8. The second-order valence-electron chi connectivity index (χ2n) is 3.29. The van der Waals surface area contributed by atoms with Crippen LogP contribution < -0.4 is 5.32 Å². The van der Waals surface area contributed by atoms with Gasteiger partial charge in [-0.3, -0.25) is 4.79 Å². The number of hydrogen-bond acceptors (Lipinski definition) is 5. The molecule has 0 saturated carbocycles. The zero-order valence-corrected chi connectivity index (χ0v) is 9.91. The summed E-state index contributed by atoms with van der Waals surface area (Å²) in [5.41, 5.74) is 0. The van der Waals surface area contributed by atoms with Gasteiger partial charge in [0.1, 0.15) is 9.84 Å². The number of ether oxygens (including phenoxy) is 1. The van der Waals surface area contributed by atoms with Crippen molar-refractivity contribution in [3.8, 4) is 0 Å². The summed E-state index contributed by atoms with van der Waals surface area (Å²) in [7, 11) is -1.92. The molecular weight excluding hydrogens is 238 g/mol. The summed E-state index contributed by atoms with van der Waals surface area (Å²) in [6, 6.07) is -1.16.